The first-order valence-corrected chi connectivity index (χ1v) is 7.83. The van der Waals surface area contributed by atoms with Crippen molar-refractivity contribution in [2.75, 3.05) is 6.54 Å². The molecule has 1 saturated carbocycles. The van der Waals surface area contributed by atoms with Gasteiger partial charge in [0, 0.05) is 17.5 Å². The van der Waals surface area contributed by atoms with Gasteiger partial charge in [0.15, 0.2) is 0 Å². The first-order valence-electron chi connectivity index (χ1n) is 6.95. The van der Waals surface area contributed by atoms with Crippen molar-refractivity contribution in [3.63, 3.8) is 0 Å². The molecule has 1 aliphatic rings. The van der Waals surface area contributed by atoms with Crippen molar-refractivity contribution in [1.82, 2.24) is 10.6 Å². The zero-order chi connectivity index (χ0) is 13.7. The lowest BCUT2D eigenvalue weighted by Crippen LogP contribution is -2.32. The third-order valence-corrected chi connectivity index (χ3v) is 4.18. The van der Waals surface area contributed by atoms with Crippen LogP contribution in [0.4, 0.5) is 0 Å². The summed E-state index contributed by atoms with van der Waals surface area (Å²) in [5, 5.41) is 6.33. The Balaban J connectivity index is 1.87. The number of benzene rings is 1. The fourth-order valence-electron chi connectivity index (χ4n) is 1.80. The van der Waals surface area contributed by atoms with Crippen molar-refractivity contribution in [3.05, 3.63) is 29.8 Å². The second kappa shape index (κ2) is 6.96. The van der Waals surface area contributed by atoms with Gasteiger partial charge >= 0.3 is 0 Å². The second-order valence-corrected chi connectivity index (χ2v) is 6.38. The molecule has 0 radical (unpaired) electrons. The molecule has 1 aromatic carbocycles. The molecular weight excluding hydrogens is 256 g/mol. The summed E-state index contributed by atoms with van der Waals surface area (Å²) in [6.07, 6.45) is 2.28. The van der Waals surface area contributed by atoms with Gasteiger partial charge in [0.2, 0.25) is 5.91 Å². The Morgan fingerprint density at radius 1 is 1.47 bits per heavy atom. The molecule has 2 N–H and O–H groups in total. The van der Waals surface area contributed by atoms with Crippen LogP contribution in [-0.4, -0.2) is 23.7 Å². The maximum atomic E-state index is 11.9. The standard InChI is InChI=1S/C15H22N2OS/c1-3-16-10-12-5-4-6-14(9-12)19-11(2)15(18)17-13-7-8-13/h4-6,9,11,13,16H,3,7-8,10H2,1-2H3,(H,17,18). The third kappa shape index (κ3) is 4.88. The van der Waals surface area contributed by atoms with E-state index < -0.39 is 0 Å². The summed E-state index contributed by atoms with van der Waals surface area (Å²) < 4.78 is 0. The van der Waals surface area contributed by atoms with Crippen LogP contribution in [0, 0.1) is 0 Å². The van der Waals surface area contributed by atoms with Gasteiger partial charge in [-0.2, -0.15) is 0 Å². The van der Waals surface area contributed by atoms with E-state index in [0.717, 1.165) is 30.8 Å². The maximum Gasteiger partial charge on any atom is 0.233 e. The van der Waals surface area contributed by atoms with E-state index in [4.69, 9.17) is 0 Å². The highest BCUT2D eigenvalue weighted by Gasteiger charge is 2.25. The van der Waals surface area contributed by atoms with E-state index in [1.807, 2.05) is 6.92 Å². The molecule has 1 aliphatic carbocycles. The molecule has 0 bridgehead atoms. The summed E-state index contributed by atoms with van der Waals surface area (Å²) in [4.78, 5) is 13.1. The SMILES string of the molecule is CCNCc1cccc(SC(C)C(=O)NC2CC2)c1. The van der Waals surface area contributed by atoms with Crippen LogP contribution < -0.4 is 10.6 Å². The molecule has 0 aliphatic heterocycles. The highest BCUT2D eigenvalue weighted by Crippen LogP contribution is 2.26. The van der Waals surface area contributed by atoms with Gasteiger partial charge < -0.3 is 10.6 Å². The van der Waals surface area contributed by atoms with E-state index in [-0.39, 0.29) is 11.2 Å². The lowest BCUT2D eigenvalue weighted by atomic mass is 10.2. The predicted octanol–water partition coefficient (Wildman–Crippen LogP) is 2.56. The Hall–Kier alpha value is -1.00. The highest BCUT2D eigenvalue weighted by atomic mass is 32.2. The van der Waals surface area contributed by atoms with Crippen LogP contribution >= 0.6 is 11.8 Å². The fourth-order valence-corrected chi connectivity index (χ4v) is 2.76. The van der Waals surface area contributed by atoms with Crippen LogP contribution in [0.15, 0.2) is 29.2 Å². The number of rotatable bonds is 7. The number of hydrogen-bond donors (Lipinski definition) is 2. The van der Waals surface area contributed by atoms with Crippen LogP contribution in [0.1, 0.15) is 32.3 Å². The van der Waals surface area contributed by atoms with Crippen molar-refractivity contribution >= 4 is 17.7 Å². The number of hydrogen-bond acceptors (Lipinski definition) is 3. The van der Waals surface area contributed by atoms with E-state index in [0.29, 0.717) is 6.04 Å². The predicted molar refractivity (Wildman–Crippen MR) is 80.3 cm³/mol. The molecule has 0 heterocycles. The average molecular weight is 278 g/mol. The topological polar surface area (TPSA) is 41.1 Å². The van der Waals surface area contributed by atoms with Crippen LogP contribution in [0.3, 0.4) is 0 Å². The van der Waals surface area contributed by atoms with Gasteiger partial charge in [0.1, 0.15) is 0 Å². The molecule has 0 aromatic heterocycles. The van der Waals surface area contributed by atoms with Gasteiger partial charge in [-0.1, -0.05) is 19.1 Å². The number of carbonyl (C=O) groups is 1. The van der Waals surface area contributed by atoms with Crippen LogP contribution in [0.5, 0.6) is 0 Å². The Kier molecular flexibility index (Phi) is 5.28. The minimum Gasteiger partial charge on any atom is -0.352 e. The second-order valence-electron chi connectivity index (χ2n) is 4.97. The first-order chi connectivity index (χ1) is 9.19. The van der Waals surface area contributed by atoms with Crippen molar-refractivity contribution in [1.29, 1.82) is 0 Å². The summed E-state index contributed by atoms with van der Waals surface area (Å²) in [6.45, 7) is 5.92. The van der Waals surface area contributed by atoms with Crippen molar-refractivity contribution in [2.45, 2.75) is 49.4 Å². The first kappa shape index (κ1) is 14.4. The van der Waals surface area contributed by atoms with Gasteiger partial charge in [-0.15, -0.1) is 11.8 Å². The maximum absolute atomic E-state index is 11.9. The molecule has 2 rings (SSSR count). The van der Waals surface area contributed by atoms with Gasteiger partial charge in [-0.3, -0.25) is 4.79 Å². The van der Waals surface area contributed by atoms with Crippen LogP contribution in [0.25, 0.3) is 0 Å². The summed E-state index contributed by atoms with van der Waals surface area (Å²) in [5.74, 6) is 0.157. The third-order valence-electron chi connectivity index (χ3n) is 3.08. The lowest BCUT2D eigenvalue weighted by molar-refractivity contribution is -0.120. The molecular formula is C15H22N2OS. The molecule has 1 atom stereocenters. The Bertz CT molecular complexity index is 432. The summed E-state index contributed by atoms with van der Waals surface area (Å²) in [7, 11) is 0. The summed E-state index contributed by atoms with van der Waals surface area (Å²) >= 11 is 1.63. The molecule has 3 nitrogen and oxygen atoms in total. The Morgan fingerprint density at radius 2 is 2.26 bits per heavy atom. The summed E-state index contributed by atoms with van der Waals surface area (Å²) in [6, 6.07) is 8.84. The molecule has 1 unspecified atom stereocenters. The van der Waals surface area contributed by atoms with Crippen molar-refractivity contribution in [3.8, 4) is 0 Å². The number of carbonyl (C=O) groups excluding carboxylic acids is 1. The molecule has 104 valence electrons. The largest absolute Gasteiger partial charge is 0.352 e. The lowest BCUT2D eigenvalue weighted by Gasteiger charge is -2.12. The zero-order valence-corrected chi connectivity index (χ0v) is 12.4. The van der Waals surface area contributed by atoms with Crippen molar-refractivity contribution < 1.29 is 4.79 Å². The van der Waals surface area contributed by atoms with Crippen molar-refractivity contribution in [2.24, 2.45) is 0 Å². The van der Waals surface area contributed by atoms with E-state index >= 15 is 0 Å². The molecule has 0 saturated heterocycles. The zero-order valence-electron chi connectivity index (χ0n) is 11.6. The normalized spacial score (nSPS) is 16.1. The number of amides is 1. The molecule has 1 fully saturated rings. The molecule has 1 amide bonds. The Morgan fingerprint density at radius 3 is 2.95 bits per heavy atom. The van der Waals surface area contributed by atoms with E-state index in [1.165, 1.54) is 5.56 Å². The highest BCUT2D eigenvalue weighted by molar-refractivity contribution is 8.00. The van der Waals surface area contributed by atoms with Gasteiger partial charge in [0.05, 0.1) is 5.25 Å². The number of nitrogens with one attached hydrogen (secondary N) is 2. The van der Waals surface area contributed by atoms with E-state index in [1.54, 1.807) is 11.8 Å². The van der Waals surface area contributed by atoms with Gasteiger partial charge in [-0.05, 0) is 44.0 Å². The molecule has 19 heavy (non-hydrogen) atoms. The quantitative estimate of drug-likeness (QED) is 0.753. The van der Waals surface area contributed by atoms with Crippen LogP contribution in [-0.2, 0) is 11.3 Å². The summed E-state index contributed by atoms with van der Waals surface area (Å²) in [5.41, 5.74) is 1.27. The molecule has 0 spiro atoms. The smallest absolute Gasteiger partial charge is 0.233 e. The van der Waals surface area contributed by atoms with Gasteiger partial charge in [-0.25, -0.2) is 0 Å². The monoisotopic (exact) mass is 278 g/mol. The van der Waals surface area contributed by atoms with Crippen LogP contribution in [0.2, 0.25) is 0 Å². The molecule has 1 aromatic rings. The van der Waals surface area contributed by atoms with E-state index in [9.17, 15) is 4.79 Å². The number of thioether (sulfide) groups is 1. The van der Waals surface area contributed by atoms with E-state index in [2.05, 4.69) is 41.8 Å². The fraction of sp³-hybridized carbons (Fsp3) is 0.533. The molecule has 4 heteroatoms. The van der Waals surface area contributed by atoms with Gasteiger partial charge in [0.25, 0.3) is 0 Å². The minimum absolute atomic E-state index is 0.0324. The Labute approximate surface area is 119 Å². The average Bonchev–Trinajstić information content (AvgIpc) is 3.20. The minimum atomic E-state index is -0.0324.